The molecular formula is C22H22Br2N8. The number of H-pyrrole nitrogens is 1. The largest absolute Gasteiger partial charge is 0.282 e. The molecule has 0 saturated heterocycles. The maximum atomic E-state index is 8.51. The lowest BCUT2D eigenvalue weighted by molar-refractivity contribution is 0.676. The molecule has 0 atom stereocenters. The van der Waals surface area contributed by atoms with Crippen LogP contribution >= 0.6 is 32.9 Å². The van der Waals surface area contributed by atoms with Crippen LogP contribution in [-0.4, -0.2) is 29.9 Å². The van der Waals surface area contributed by atoms with Gasteiger partial charge in [-0.2, -0.15) is 20.7 Å². The Bertz CT molecular complexity index is 1070. The monoisotopic (exact) mass is 556 g/mol. The number of nitrogens with zero attached hydrogens (tertiary/aromatic N) is 7. The Morgan fingerprint density at radius 1 is 0.844 bits per heavy atom. The standard InChI is InChI=1S/C11H10N4.C6H6BrN.C5H5N3.BrH/c12-5-1-11-4-8-15(14-11)9-10-2-6-13-7-3-10;7-5-6-1-3-8-4-2-6;6-3-1-5-2-4-7-8-5;/h2-4,6-8H,1,9H2;1-4H,5H2;2,4H,1H2,(H,7,8);1H. The highest BCUT2D eigenvalue weighted by molar-refractivity contribution is 9.08. The van der Waals surface area contributed by atoms with E-state index in [0.717, 1.165) is 22.3 Å². The Labute approximate surface area is 205 Å². The van der Waals surface area contributed by atoms with Crippen molar-refractivity contribution in [2.24, 2.45) is 0 Å². The molecule has 0 aliphatic carbocycles. The first-order valence-electron chi connectivity index (χ1n) is 9.33. The molecule has 164 valence electrons. The average Bonchev–Trinajstić information content (AvgIpc) is 3.49. The van der Waals surface area contributed by atoms with E-state index in [9.17, 15) is 0 Å². The van der Waals surface area contributed by atoms with Crippen LogP contribution in [0.2, 0.25) is 0 Å². The molecular weight excluding hydrogens is 536 g/mol. The molecule has 4 rings (SSSR count). The molecule has 32 heavy (non-hydrogen) atoms. The molecule has 0 saturated carbocycles. The molecule has 1 N–H and O–H groups in total. The third-order valence-electron chi connectivity index (χ3n) is 3.78. The molecule has 4 aromatic heterocycles. The van der Waals surface area contributed by atoms with Crippen molar-refractivity contribution in [2.45, 2.75) is 24.7 Å². The Kier molecular flexibility index (Phi) is 13.7. The summed E-state index contributed by atoms with van der Waals surface area (Å²) in [7, 11) is 0. The van der Waals surface area contributed by atoms with Crippen molar-refractivity contribution in [1.82, 2.24) is 29.9 Å². The molecule has 0 aliphatic rings. The van der Waals surface area contributed by atoms with Gasteiger partial charge in [0.1, 0.15) is 0 Å². The topological polar surface area (TPSA) is 120 Å². The van der Waals surface area contributed by atoms with Gasteiger partial charge in [0.25, 0.3) is 0 Å². The molecule has 0 aliphatic heterocycles. The predicted molar refractivity (Wildman–Crippen MR) is 130 cm³/mol. The minimum Gasteiger partial charge on any atom is -0.282 e. The SMILES string of the molecule is Br.BrCc1ccncc1.N#CCc1ccn(Cc2ccncc2)n1.N#CCc1ccn[nH]1. The van der Waals surface area contributed by atoms with E-state index >= 15 is 0 Å². The normalized spacial score (nSPS) is 8.97. The van der Waals surface area contributed by atoms with Crippen molar-refractivity contribution in [3.8, 4) is 12.1 Å². The van der Waals surface area contributed by atoms with Crippen LogP contribution in [-0.2, 0) is 24.7 Å². The fourth-order valence-electron chi connectivity index (χ4n) is 2.28. The molecule has 0 amide bonds. The van der Waals surface area contributed by atoms with E-state index in [0.29, 0.717) is 19.4 Å². The van der Waals surface area contributed by atoms with Crippen molar-refractivity contribution < 1.29 is 0 Å². The van der Waals surface area contributed by atoms with E-state index in [4.69, 9.17) is 10.5 Å². The van der Waals surface area contributed by atoms with Crippen molar-refractivity contribution in [1.29, 1.82) is 10.5 Å². The summed E-state index contributed by atoms with van der Waals surface area (Å²) < 4.78 is 1.82. The predicted octanol–water partition coefficient (Wildman–Crippen LogP) is 4.42. The fraction of sp³-hybridized carbons (Fsp3) is 0.182. The number of aromatic nitrogens is 6. The summed E-state index contributed by atoms with van der Waals surface area (Å²) in [6, 6.07) is 15.6. The zero-order valence-electron chi connectivity index (χ0n) is 17.2. The van der Waals surface area contributed by atoms with Crippen LogP contribution in [0.25, 0.3) is 0 Å². The van der Waals surface area contributed by atoms with Crippen molar-refractivity contribution in [3.63, 3.8) is 0 Å². The van der Waals surface area contributed by atoms with Gasteiger partial charge in [-0.25, -0.2) is 0 Å². The van der Waals surface area contributed by atoms with Crippen LogP contribution in [0, 0.1) is 22.7 Å². The van der Waals surface area contributed by atoms with Gasteiger partial charge in [0, 0.05) is 48.2 Å². The molecule has 0 radical (unpaired) electrons. The number of alkyl halides is 1. The molecule has 10 heteroatoms. The Morgan fingerprint density at radius 3 is 1.97 bits per heavy atom. The van der Waals surface area contributed by atoms with Crippen molar-refractivity contribution >= 4 is 32.9 Å². The number of rotatable bonds is 5. The summed E-state index contributed by atoms with van der Waals surface area (Å²) in [6.45, 7) is 0.716. The van der Waals surface area contributed by atoms with Crippen LogP contribution in [0.3, 0.4) is 0 Å². The maximum Gasteiger partial charge on any atom is 0.0793 e. The zero-order chi connectivity index (χ0) is 22.2. The van der Waals surface area contributed by atoms with Crippen molar-refractivity contribution in [3.05, 3.63) is 96.1 Å². The van der Waals surface area contributed by atoms with Gasteiger partial charge in [0.2, 0.25) is 0 Å². The first-order chi connectivity index (χ1) is 15.2. The smallest absolute Gasteiger partial charge is 0.0793 e. The summed E-state index contributed by atoms with van der Waals surface area (Å²) in [5.41, 5.74) is 4.09. The lowest BCUT2D eigenvalue weighted by atomic mass is 10.3. The van der Waals surface area contributed by atoms with Crippen LogP contribution in [0.4, 0.5) is 0 Å². The average molecular weight is 558 g/mol. The molecule has 0 spiro atoms. The Hall–Kier alpha value is -3.34. The van der Waals surface area contributed by atoms with E-state index in [-0.39, 0.29) is 17.0 Å². The molecule has 0 aromatic carbocycles. The summed E-state index contributed by atoms with van der Waals surface area (Å²) >= 11 is 3.33. The number of aromatic amines is 1. The molecule has 8 nitrogen and oxygen atoms in total. The third kappa shape index (κ3) is 10.6. The number of hydrogen-bond acceptors (Lipinski definition) is 6. The summed E-state index contributed by atoms with van der Waals surface area (Å²) in [5.74, 6) is 0. The van der Waals surface area contributed by atoms with Gasteiger partial charge in [-0.05, 0) is 47.5 Å². The molecule has 0 unspecified atom stereocenters. The van der Waals surface area contributed by atoms with Gasteiger partial charge in [-0.3, -0.25) is 19.7 Å². The first kappa shape index (κ1) is 26.7. The second-order valence-corrected chi connectivity index (χ2v) is 6.66. The number of nitrogens with one attached hydrogen (secondary N) is 1. The number of pyridine rings is 2. The summed E-state index contributed by atoms with van der Waals surface area (Å²) in [5, 5.41) is 28.2. The second-order valence-electron chi connectivity index (χ2n) is 6.10. The minimum absolute atomic E-state index is 0. The lowest BCUT2D eigenvalue weighted by Gasteiger charge is -2.00. The molecule has 4 aromatic rings. The van der Waals surface area contributed by atoms with E-state index in [2.05, 4.69) is 47.3 Å². The van der Waals surface area contributed by atoms with Crippen LogP contribution in [0.5, 0.6) is 0 Å². The van der Waals surface area contributed by atoms with Gasteiger partial charge >= 0.3 is 0 Å². The highest BCUT2D eigenvalue weighted by Gasteiger charge is 1.98. The van der Waals surface area contributed by atoms with Crippen LogP contribution in [0.15, 0.2) is 73.6 Å². The van der Waals surface area contributed by atoms with Crippen LogP contribution in [0.1, 0.15) is 22.5 Å². The first-order valence-corrected chi connectivity index (χ1v) is 10.5. The van der Waals surface area contributed by atoms with Gasteiger partial charge in [-0.1, -0.05) is 15.9 Å². The highest BCUT2D eigenvalue weighted by atomic mass is 79.9. The molecule has 0 bridgehead atoms. The Morgan fingerprint density at radius 2 is 1.47 bits per heavy atom. The van der Waals surface area contributed by atoms with Gasteiger partial charge in [0.05, 0.1) is 37.2 Å². The van der Waals surface area contributed by atoms with Gasteiger partial charge in [-0.15, -0.1) is 17.0 Å². The zero-order valence-corrected chi connectivity index (χ0v) is 20.5. The minimum atomic E-state index is 0. The molecule has 4 heterocycles. The second kappa shape index (κ2) is 16.4. The van der Waals surface area contributed by atoms with E-state index < -0.39 is 0 Å². The number of hydrogen-bond donors (Lipinski definition) is 1. The lowest BCUT2D eigenvalue weighted by Crippen LogP contribution is -2.00. The Balaban J connectivity index is 0.000000257. The van der Waals surface area contributed by atoms with Gasteiger partial charge in [0.15, 0.2) is 0 Å². The van der Waals surface area contributed by atoms with Crippen molar-refractivity contribution in [2.75, 3.05) is 0 Å². The fourth-order valence-corrected chi connectivity index (χ4v) is 2.66. The third-order valence-corrected chi connectivity index (χ3v) is 4.43. The van der Waals surface area contributed by atoms with E-state index in [1.807, 2.05) is 47.3 Å². The van der Waals surface area contributed by atoms with Crippen LogP contribution < -0.4 is 0 Å². The van der Waals surface area contributed by atoms with E-state index in [1.54, 1.807) is 37.1 Å². The summed E-state index contributed by atoms with van der Waals surface area (Å²) in [4.78, 5) is 7.82. The van der Waals surface area contributed by atoms with Gasteiger partial charge < -0.3 is 0 Å². The maximum absolute atomic E-state index is 8.51. The summed E-state index contributed by atoms with van der Waals surface area (Å²) in [6.07, 6.45) is 11.4. The highest BCUT2D eigenvalue weighted by Crippen LogP contribution is 2.02. The quantitative estimate of drug-likeness (QED) is 0.362. The van der Waals surface area contributed by atoms with E-state index in [1.165, 1.54) is 5.56 Å². The molecule has 0 fully saturated rings. The number of nitriles is 2. The number of halogens is 2.